The zero-order chi connectivity index (χ0) is 11.9. The molecule has 17 heavy (non-hydrogen) atoms. The van der Waals surface area contributed by atoms with Crippen molar-refractivity contribution in [2.75, 3.05) is 12.3 Å². The predicted molar refractivity (Wildman–Crippen MR) is 78.4 cm³/mol. The summed E-state index contributed by atoms with van der Waals surface area (Å²) in [5.41, 5.74) is 6.58. The van der Waals surface area contributed by atoms with Crippen LogP contribution in [0.3, 0.4) is 0 Å². The minimum atomic E-state index is 0.449. The van der Waals surface area contributed by atoms with Crippen LogP contribution >= 0.6 is 23.1 Å². The fourth-order valence-electron chi connectivity index (χ4n) is 2.21. The third-order valence-electron chi connectivity index (χ3n) is 3.13. The summed E-state index contributed by atoms with van der Waals surface area (Å²) in [6.07, 6.45) is 5.77. The molecule has 1 aromatic rings. The first-order valence-corrected chi connectivity index (χ1v) is 8.26. The van der Waals surface area contributed by atoms with Gasteiger partial charge in [-0.2, -0.15) is 11.8 Å². The van der Waals surface area contributed by atoms with Gasteiger partial charge in [0.1, 0.15) is 0 Å². The van der Waals surface area contributed by atoms with E-state index in [1.807, 2.05) is 11.3 Å². The fraction of sp³-hybridized carbons (Fsp3) is 0.571. The molecule has 1 aliphatic carbocycles. The van der Waals surface area contributed by atoms with Crippen molar-refractivity contribution in [3.05, 3.63) is 21.9 Å². The van der Waals surface area contributed by atoms with Gasteiger partial charge in [-0.15, -0.1) is 11.3 Å². The van der Waals surface area contributed by atoms with E-state index >= 15 is 0 Å². The van der Waals surface area contributed by atoms with Gasteiger partial charge in [-0.25, -0.2) is 0 Å². The second-order valence-corrected chi connectivity index (χ2v) is 6.46. The summed E-state index contributed by atoms with van der Waals surface area (Å²) in [7, 11) is 0. The molecule has 1 fully saturated rings. The molecule has 3 heteroatoms. The highest BCUT2D eigenvalue weighted by atomic mass is 32.2. The summed E-state index contributed by atoms with van der Waals surface area (Å²) in [4.78, 5) is 1.41. The topological polar surface area (TPSA) is 26.0 Å². The molecule has 1 aromatic heterocycles. The summed E-state index contributed by atoms with van der Waals surface area (Å²) in [6.45, 7) is 0.449. The Kier molecular flexibility index (Phi) is 5.44. The smallest absolute Gasteiger partial charge is 0.0555 e. The number of nitrogens with two attached hydrogens (primary N) is 1. The Morgan fingerprint density at radius 2 is 2.24 bits per heavy atom. The van der Waals surface area contributed by atoms with Crippen LogP contribution in [0, 0.1) is 17.8 Å². The summed E-state index contributed by atoms with van der Waals surface area (Å²) < 4.78 is 0. The first kappa shape index (κ1) is 13.0. The van der Waals surface area contributed by atoms with E-state index in [1.165, 1.54) is 41.9 Å². The molecule has 1 aliphatic rings. The molecular formula is C14H19NS2. The summed E-state index contributed by atoms with van der Waals surface area (Å²) in [5.74, 6) is 9.50. The van der Waals surface area contributed by atoms with Crippen molar-refractivity contribution in [2.24, 2.45) is 11.7 Å². The van der Waals surface area contributed by atoms with Crippen LogP contribution in [-0.4, -0.2) is 12.3 Å². The van der Waals surface area contributed by atoms with Crippen molar-refractivity contribution in [2.45, 2.75) is 31.4 Å². The maximum atomic E-state index is 5.40. The SMILES string of the molecule is NCC#Cc1ccsc1CSCC1CCCC1. The van der Waals surface area contributed by atoms with Crippen molar-refractivity contribution in [1.82, 2.24) is 0 Å². The highest BCUT2D eigenvalue weighted by Crippen LogP contribution is 2.30. The fourth-order valence-corrected chi connectivity index (χ4v) is 4.47. The number of thioether (sulfide) groups is 1. The van der Waals surface area contributed by atoms with Crippen LogP contribution in [-0.2, 0) is 5.75 Å². The standard InChI is InChI=1S/C14H19NS2/c15-8-3-6-13-7-9-17-14(13)11-16-10-12-4-1-2-5-12/h7,9,12H,1-2,4-5,8,10-11,15H2. The van der Waals surface area contributed by atoms with Crippen LogP contribution in [0.25, 0.3) is 0 Å². The molecule has 0 atom stereocenters. The van der Waals surface area contributed by atoms with Gasteiger partial charge in [0, 0.05) is 16.2 Å². The molecule has 92 valence electrons. The van der Waals surface area contributed by atoms with Crippen molar-refractivity contribution < 1.29 is 0 Å². The molecule has 0 unspecified atom stereocenters. The summed E-state index contributed by atoms with van der Waals surface area (Å²) >= 11 is 3.89. The van der Waals surface area contributed by atoms with Gasteiger partial charge in [0.2, 0.25) is 0 Å². The van der Waals surface area contributed by atoms with Crippen LogP contribution in [0.4, 0.5) is 0 Å². The van der Waals surface area contributed by atoms with Crippen LogP contribution in [0.1, 0.15) is 36.1 Å². The molecule has 0 aromatic carbocycles. The van der Waals surface area contributed by atoms with Gasteiger partial charge >= 0.3 is 0 Å². The molecule has 2 rings (SSSR count). The highest BCUT2D eigenvalue weighted by Gasteiger charge is 2.14. The second kappa shape index (κ2) is 7.10. The lowest BCUT2D eigenvalue weighted by Gasteiger charge is -2.07. The van der Waals surface area contributed by atoms with Gasteiger partial charge in [-0.05, 0) is 36.0 Å². The summed E-state index contributed by atoms with van der Waals surface area (Å²) in [5, 5.41) is 2.13. The van der Waals surface area contributed by atoms with Gasteiger partial charge in [-0.1, -0.05) is 24.7 Å². The number of hydrogen-bond acceptors (Lipinski definition) is 3. The molecule has 1 heterocycles. The molecule has 1 nitrogen and oxygen atoms in total. The van der Waals surface area contributed by atoms with Crippen LogP contribution < -0.4 is 5.73 Å². The molecule has 2 N–H and O–H groups in total. The van der Waals surface area contributed by atoms with Gasteiger partial charge in [0.05, 0.1) is 6.54 Å². The number of rotatable bonds is 4. The minimum absolute atomic E-state index is 0.449. The molecule has 0 amide bonds. The van der Waals surface area contributed by atoms with E-state index in [2.05, 4.69) is 35.0 Å². The summed E-state index contributed by atoms with van der Waals surface area (Å²) in [6, 6.07) is 2.11. The predicted octanol–water partition coefficient (Wildman–Crippen LogP) is 3.48. The zero-order valence-electron chi connectivity index (χ0n) is 10.1. The Morgan fingerprint density at radius 3 is 3.00 bits per heavy atom. The van der Waals surface area contributed by atoms with E-state index in [1.54, 1.807) is 0 Å². The molecule has 0 radical (unpaired) electrons. The average molecular weight is 265 g/mol. The van der Waals surface area contributed by atoms with E-state index in [0.29, 0.717) is 6.54 Å². The average Bonchev–Trinajstić information content (AvgIpc) is 2.98. The third-order valence-corrected chi connectivity index (χ3v) is 5.44. The van der Waals surface area contributed by atoms with Crippen LogP contribution in [0.5, 0.6) is 0 Å². The lowest BCUT2D eigenvalue weighted by molar-refractivity contribution is 0.623. The maximum Gasteiger partial charge on any atom is 0.0555 e. The maximum absolute atomic E-state index is 5.40. The Bertz CT molecular complexity index is 394. The van der Waals surface area contributed by atoms with E-state index < -0.39 is 0 Å². The minimum Gasteiger partial charge on any atom is -0.320 e. The first-order chi connectivity index (χ1) is 8.40. The van der Waals surface area contributed by atoms with E-state index in [9.17, 15) is 0 Å². The Balaban J connectivity index is 1.79. The third kappa shape index (κ3) is 4.06. The largest absolute Gasteiger partial charge is 0.320 e. The monoisotopic (exact) mass is 265 g/mol. The number of hydrogen-bond donors (Lipinski definition) is 1. The molecule has 0 bridgehead atoms. The lowest BCUT2D eigenvalue weighted by atomic mass is 10.1. The normalized spacial score (nSPS) is 15.8. The first-order valence-electron chi connectivity index (χ1n) is 6.23. The van der Waals surface area contributed by atoms with E-state index in [-0.39, 0.29) is 0 Å². The van der Waals surface area contributed by atoms with E-state index in [4.69, 9.17) is 5.73 Å². The lowest BCUT2D eigenvalue weighted by Crippen LogP contribution is -1.97. The molecule has 0 aliphatic heterocycles. The van der Waals surface area contributed by atoms with Crippen molar-refractivity contribution in [3.63, 3.8) is 0 Å². The van der Waals surface area contributed by atoms with Gasteiger partial charge < -0.3 is 5.73 Å². The van der Waals surface area contributed by atoms with Gasteiger partial charge in [0.25, 0.3) is 0 Å². The van der Waals surface area contributed by atoms with E-state index in [0.717, 1.165) is 11.7 Å². The van der Waals surface area contributed by atoms with Crippen LogP contribution in [0.15, 0.2) is 11.4 Å². The number of thiophene rings is 1. The Labute approximate surface area is 112 Å². The highest BCUT2D eigenvalue weighted by molar-refractivity contribution is 7.98. The molecular weight excluding hydrogens is 246 g/mol. The second-order valence-electron chi connectivity index (χ2n) is 4.43. The Hall–Kier alpha value is -0.430. The van der Waals surface area contributed by atoms with Crippen LogP contribution in [0.2, 0.25) is 0 Å². The van der Waals surface area contributed by atoms with Crippen molar-refractivity contribution in [1.29, 1.82) is 0 Å². The quantitative estimate of drug-likeness (QED) is 0.844. The molecule has 0 spiro atoms. The molecule has 0 saturated heterocycles. The van der Waals surface area contributed by atoms with Gasteiger partial charge in [0.15, 0.2) is 0 Å². The zero-order valence-corrected chi connectivity index (χ0v) is 11.7. The van der Waals surface area contributed by atoms with Crippen molar-refractivity contribution in [3.8, 4) is 11.8 Å². The van der Waals surface area contributed by atoms with Gasteiger partial charge in [-0.3, -0.25) is 0 Å². The molecule has 1 saturated carbocycles. The van der Waals surface area contributed by atoms with Crippen molar-refractivity contribution >= 4 is 23.1 Å². The Morgan fingerprint density at radius 1 is 1.41 bits per heavy atom.